The van der Waals surface area contributed by atoms with E-state index < -0.39 is 40.7 Å². The second-order valence-corrected chi connectivity index (χ2v) is 13.1. The molecule has 1 aliphatic heterocycles. The third kappa shape index (κ3) is 8.12. The van der Waals surface area contributed by atoms with Crippen molar-refractivity contribution in [3.05, 3.63) is 83.7 Å². The third-order valence-corrected chi connectivity index (χ3v) is 9.84. The van der Waals surface area contributed by atoms with E-state index in [9.17, 15) is 18.0 Å². The van der Waals surface area contributed by atoms with E-state index in [0.717, 1.165) is 5.56 Å². The molecule has 13 nitrogen and oxygen atoms in total. The zero-order valence-corrected chi connectivity index (χ0v) is 27.6. The number of aromatic nitrogens is 2. The van der Waals surface area contributed by atoms with Crippen LogP contribution in [0.5, 0.6) is 17.2 Å². The maximum atomic E-state index is 14.0. The average Bonchev–Trinajstić information content (AvgIpc) is 3.55. The first kappa shape index (κ1) is 34.4. The molecule has 48 heavy (non-hydrogen) atoms. The molecule has 1 saturated heterocycles. The van der Waals surface area contributed by atoms with E-state index in [2.05, 4.69) is 10.2 Å². The number of hydrogen-bond acceptors (Lipinski definition) is 11. The van der Waals surface area contributed by atoms with Crippen molar-refractivity contribution in [2.45, 2.75) is 56.1 Å². The van der Waals surface area contributed by atoms with Gasteiger partial charge in [-0.2, -0.15) is 4.31 Å². The number of benzene rings is 3. The van der Waals surface area contributed by atoms with Gasteiger partial charge in [0.1, 0.15) is 17.9 Å². The molecule has 4 aromatic rings. The molecular weight excluding hydrogens is 642 g/mol. The van der Waals surface area contributed by atoms with Gasteiger partial charge in [0.05, 0.1) is 19.1 Å². The van der Waals surface area contributed by atoms with Gasteiger partial charge in [-0.1, -0.05) is 24.3 Å². The Morgan fingerprint density at radius 1 is 1.00 bits per heavy atom. The molecule has 0 aliphatic carbocycles. The molecular formula is C34H37N3O10S. The molecule has 1 N–H and O–H groups in total. The SMILES string of the molecule is COc1ccc(CC[C@@H](OC(=O)[C@@H]2CCCCN2S(=O)(=O)c2cccc(-c3nnc(C)o3)c2)c2cccc(OCC(=O)O)c2)cc1OC. The van der Waals surface area contributed by atoms with Gasteiger partial charge in [-0.25, -0.2) is 13.2 Å². The zero-order valence-electron chi connectivity index (χ0n) is 26.8. The Hall–Kier alpha value is -4.95. The first-order valence-electron chi connectivity index (χ1n) is 15.4. The molecule has 0 saturated carbocycles. The first-order valence-corrected chi connectivity index (χ1v) is 16.8. The van der Waals surface area contributed by atoms with Gasteiger partial charge in [-0.3, -0.25) is 4.79 Å². The van der Waals surface area contributed by atoms with Crippen LogP contribution in [0, 0.1) is 6.92 Å². The van der Waals surface area contributed by atoms with Crippen molar-refractivity contribution < 1.29 is 46.5 Å². The second-order valence-electron chi connectivity index (χ2n) is 11.2. The Balaban J connectivity index is 1.41. The predicted molar refractivity (Wildman–Crippen MR) is 172 cm³/mol. The molecule has 3 aromatic carbocycles. The third-order valence-electron chi connectivity index (χ3n) is 7.93. The highest BCUT2D eigenvalue weighted by molar-refractivity contribution is 7.89. The lowest BCUT2D eigenvalue weighted by atomic mass is 10.00. The van der Waals surface area contributed by atoms with Crippen LogP contribution < -0.4 is 14.2 Å². The molecule has 2 atom stereocenters. The lowest BCUT2D eigenvalue weighted by Crippen LogP contribution is -2.48. The van der Waals surface area contributed by atoms with E-state index in [-0.39, 0.29) is 23.8 Å². The number of nitrogens with zero attached hydrogens (tertiary/aromatic N) is 3. The summed E-state index contributed by atoms with van der Waals surface area (Å²) in [6.45, 7) is 1.24. The summed E-state index contributed by atoms with van der Waals surface area (Å²) in [7, 11) is -1.04. The van der Waals surface area contributed by atoms with Crippen LogP contribution in [0.3, 0.4) is 0 Å². The number of aliphatic carboxylic acids is 1. The Morgan fingerprint density at radius 2 is 1.79 bits per heavy atom. The number of methoxy groups -OCH3 is 2. The summed E-state index contributed by atoms with van der Waals surface area (Å²) in [5.41, 5.74) is 1.90. The molecule has 254 valence electrons. The second kappa shape index (κ2) is 15.3. The van der Waals surface area contributed by atoms with Gasteiger partial charge in [0, 0.05) is 19.0 Å². The van der Waals surface area contributed by atoms with Crippen LogP contribution in [-0.2, 0) is 30.8 Å². The number of carbonyl (C=O) groups excluding carboxylic acids is 1. The molecule has 0 amide bonds. The van der Waals surface area contributed by atoms with Crippen molar-refractivity contribution in [1.82, 2.24) is 14.5 Å². The highest BCUT2D eigenvalue weighted by Gasteiger charge is 2.39. The van der Waals surface area contributed by atoms with E-state index in [1.54, 1.807) is 63.6 Å². The minimum Gasteiger partial charge on any atom is -0.493 e. The summed E-state index contributed by atoms with van der Waals surface area (Å²) >= 11 is 0. The minimum absolute atomic E-state index is 0.0103. The summed E-state index contributed by atoms with van der Waals surface area (Å²) in [5, 5.41) is 16.9. The fourth-order valence-corrected chi connectivity index (χ4v) is 7.26. The summed E-state index contributed by atoms with van der Waals surface area (Å²) in [4.78, 5) is 25.0. The van der Waals surface area contributed by atoms with Crippen molar-refractivity contribution in [3.63, 3.8) is 0 Å². The lowest BCUT2D eigenvalue weighted by molar-refractivity contribution is -0.155. The van der Waals surface area contributed by atoms with Gasteiger partial charge in [-0.15, -0.1) is 10.2 Å². The summed E-state index contributed by atoms with van der Waals surface area (Å²) in [6, 6.07) is 17.3. The van der Waals surface area contributed by atoms with Gasteiger partial charge in [0.15, 0.2) is 18.1 Å². The molecule has 0 unspecified atom stereocenters. The van der Waals surface area contributed by atoms with Crippen LogP contribution in [0.4, 0.5) is 0 Å². The number of sulfonamides is 1. The van der Waals surface area contributed by atoms with Crippen molar-refractivity contribution in [2.75, 3.05) is 27.4 Å². The largest absolute Gasteiger partial charge is 0.493 e. The smallest absolute Gasteiger partial charge is 0.341 e. The van der Waals surface area contributed by atoms with E-state index in [1.165, 1.54) is 16.4 Å². The molecule has 1 fully saturated rings. The van der Waals surface area contributed by atoms with E-state index in [0.29, 0.717) is 59.9 Å². The highest BCUT2D eigenvalue weighted by Crippen LogP contribution is 2.33. The summed E-state index contributed by atoms with van der Waals surface area (Å²) in [6.07, 6.45) is 1.49. The van der Waals surface area contributed by atoms with Crippen molar-refractivity contribution in [3.8, 4) is 28.7 Å². The normalized spacial score (nSPS) is 15.8. The standard InChI is InChI=1S/C34H37N3O10S/c1-22-35-36-33(46-22)25-9-7-11-27(20-25)48(41,42)37-17-5-4-12-28(37)34(40)47-29(24-8-6-10-26(19-24)45-21-32(38)39)15-13-23-14-16-30(43-2)31(18-23)44-3/h6-11,14,16,18-20,28-29H,4-5,12-13,15,17,21H2,1-3H3,(H,38,39)/t28-,29+/m0/s1. The molecule has 0 radical (unpaired) electrons. The number of piperidine rings is 1. The van der Waals surface area contributed by atoms with Crippen LogP contribution in [0.15, 0.2) is 76.0 Å². The van der Waals surface area contributed by atoms with E-state index >= 15 is 0 Å². The number of aryl methyl sites for hydroxylation is 2. The Bertz CT molecular complexity index is 1860. The van der Waals surface area contributed by atoms with Gasteiger partial charge in [-0.05, 0) is 85.7 Å². The van der Waals surface area contributed by atoms with Gasteiger partial charge < -0.3 is 28.5 Å². The van der Waals surface area contributed by atoms with Gasteiger partial charge in [0.25, 0.3) is 0 Å². The van der Waals surface area contributed by atoms with E-state index in [1.807, 2.05) is 12.1 Å². The quantitative estimate of drug-likeness (QED) is 0.178. The Kier molecular flexibility index (Phi) is 11.0. The molecule has 1 aliphatic rings. The van der Waals surface area contributed by atoms with Gasteiger partial charge >= 0.3 is 11.9 Å². The fraction of sp³-hybridized carbons (Fsp3) is 0.353. The monoisotopic (exact) mass is 679 g/mol. The average molecular weight is 680 g/mol. The van der Waals surface area contributed by atoms with Gasteiger partial charge in [0.2, 0.25) is 21.8 Å². The molecule has 5 rings (SSSR count). The molecule has 1 aromatic heterocycles. The van der Waals surface area contributed by atoms with Crippen molar-refractivity contribution >= 4 is 22.0 Å². The van der Waals surface area contributed by atoms with Crippen LogP contribution in [0.25, 0.3) is 11.5 Å². The molecule has 0 bridgehead atoms. The Morgan fingerprint density at radius 3 is 2.52 bits per heavy atom. The highest BCUT2D eigenvalue weighted by atomic mass is 32.2. The topological polar surface area (TPSA) is 168 Å². The zero-order chi connectivity index (χ0) is 34.3. The minimum atomic E-state index is -4.13. The predicted octanol–water partition coefficient (Wildman–Crippen LogP) is 4.99. The number of hydrogen-bond donors (Lipinski definition) is 1. The number of carboxylic acid groups (broad SMARTS) is 1. The number of ether oxygens (including phenoxy) is 4. The molecule has 2 heterocycles. The van der Waals surface area contributed by atoms with Crippen LogP contribution in [0.2, 0.25) is 0 Å². The first-order chi connectivity index (χ1) is 23.1. The van der Waals surface area contributed by atoms with Crippen LogP contribution >= 0.6 is 0 Å². The Labute approximate surface area is 278 Å². The van der Waals surface area contributed by atoms with Crippen molar-refractivity contribution in [1.29, 1.82) is 0 Å². The number of carbonyl (C=O) groups is 2. The number of esters is 1. The van der Waals surface area contributed by atoms with E-state index in [4.69, 9.17) is 28.5 Å². The number of rotatable bonds is 14. The van der Waals surface area contributed by atoms with Crippen LogP contribution in [0.1, 0.15) is 48.8 Å². The molecule has 14 heteroatoms. The fourth-order valence-electron chi connectivity index (χ4n) is 5.56. The number of carboxylic acids is 1. The van der Waals surface area contributed by atoms with Crippen molar-refractivity contribution in [2.24, 2.45) is 0 Å². The maximum Gasteiger partial charge on any atom is 0.341 e. The maximum absolute atomic E-state index is 14.0. The lowest BCUT2D eigenvalue weighted by Gasteiger charge is -2.34. The summed E-state index contributed by atoms with van der Waals surface area (Å²) < 4.78 is 57.0. The molecule has 0 spiro atoms. The van der Waals surface area contributed by atoms with Crippen LogP contribution in [-0.4, -0.2) is 73.4 Å². The summed E-state index contributed by atoms with van der Waals surface area (Å²) in [5.74, 6) is 0.130.